The van der Waals surface area contributed by atoms with E-state index >= 15 is 0 Å². The first kappa shape index (κ1) is 26.6. The summed E-state index contributed by atoms with van der Waals surface area (Å²) in [6.45, 7) is 0. The molecule has 0 aliphatic heterocycles. The van der Waals surface area contributed by atoms with Crippen LogP contribution < -0.4 is 29.6 Å². The van der Waals surface area contributed by atoms with Gasteiger partial charge >= 0.3 is 35.5 Å². The number of rotatable bonds is 5. The summed E-state index contributed by atoms with van der Waals surface area (Å²) in [4.78, 5) is 27.2. The Labute approximate surface area is 218 Å². The molecule has 0 aliphatic rings. The molecule has 0 saturated heterocycles. The van der Waals surface area contributed by atoms with Gasteiger partial charge in [0, 0.05) is 28.1 Å². The minimum Gasteiger partial charge on any atom is -0.870 e. The Hall–Kier alpha value is -2.66. The van der Waals surface area contributed by atoms with E-state index in [-0.39, 0.29) is 62.4 Å². The fourth-order valence-electron chi connectivity index (χ4n) is 3.14. The van der Waals surface area contributed by atoms with Crippen molar-refractivity contribution in [3.63, 3.8) is 0 Å². The monoisotopic (exact) mass is 494 g/mol. The number of aromatic carboxylic acids is 1. The fraction of sp³-hybridized carbons (Fsp3) is 0. The van der Waals surface area contributed by atoms with E-state index in [1.807, 2.05) is 0 Å². The molecule has 4 rings (SSSR count). The molecular formula is C22H13ClFN2NaO5S. The van der Waals surface area contributed by atoms with Crippen molar-refractivity contribution in [3.8, 4) is 33.0 Å². The zero-order valence-electron chi connectivity index (χ0n) is 17.0. The number of carboxylic acid groups (broad SMARTS) is 1. The van der Waals surface area contributed by atoms with E-state index in [0.717, 1.165) is 0 Å². The predicted molar refractivity (Wildman–Crippen MR) is 119 cm³/mol. The molecule has 0 bridgehead atoms. The standard InChI is InChI=1S/C22H12ClFN2O4S.Na.H2O/c23-17-10-12(6-8-18(17)24)19-11-31-21(25-19)13-5-7-14(16(9-13)22(27)28)15-3-1-2-4-20(15)26(29)30;;/h1-11H,(H,27,28);;1H2/q;+1;/p-1. The molecule has 1 heterocycles. The molecular weight excluding hydrogens is 482 g/mol. The quantitative estimate of drug-likeness (QED) is 0.258. The molecule has 0 unspecified atom stereocenters. The van der Waals surface area contributed by atoms with E-state index < -0.39 is 16.7 Å². The number of benzene rings is 3. The molecule has 3 aromatic carbocycles. The molecule has 4 aromatic rings. The first-order chi connectivity index (χ1) is 14.8. The number of carboxylic acids is 1. The summed E-state index contributed by atoms with van der Waals surface area (Å²) < 4.78 is 13.4. The molecule has 1 aromatic heterocycles. The molecule has 0 spiro atoms. The number of halogens is 2. The van der Waals surface area contributed by atoms with Gasteiger partial charge in [0.1, 0.15) is 10.8 Å². The maximum Gasteiger partial charge on any atom is 1.00 e. The number of nitro groups is 1. The molecule has 11 heteroatoms. The number of aromatic nitrogens is 1. The average Bonchev–Trinajstić information content (AvgIpc) is 3.25. The van der Waals surface area contributed by atoms with Gasteiger partial charge in [-0.1, -0.05) is 35.9 Å². The number of thiazole rings is 1. The van der Waals surface area contributed by atoms with Crippen molar-refractivity contribution in [2.24, 2.45) is 0 Å². The zero-order valence-corrected chi connectivity index (χ0v) is 20.6. The molecule has 0 saturated carbocycles. The van der Waals surface area contributed by atoms with Crippen LogP contribution in [0, 0.1) is 15.9 Å². The van der Waals surface area contributed by atoms with Crippen LogP contribution in [0.4, 0.5) is 10.1 Å². The Morgan fingerprint density at radius 1 is 1.06 bits per heavy atom. The van der Waals surface area contributed by atoms with Crippen molar-refractivity contribution in [1.29, 1.82) is 0 Å². The normalized spacial score (nSPS) is 10.1. The van der Waals surface area contributed by atoms with Crippen LogP contribution >= 0.6 is 22.9 Å². The summed E-state index contributed by atoms with van der Waals surface area (Å²) >= 11 is 7.13. The molecule has 0 fully saturated rings. The SMILES string of the molecule is O=C(O)c1cc(-c2nc(-c3ccc(F)c(Cl)c3)cs2)ccc1-c1ccccc1[N+](=O)[O-].[Na+].[OH-]. The van der Waals surface area contributed by atoms with Gasteiger partial charge in [0.15, 0.2) is 0 Å². The Morgan fingerprint density at radius 3 is 2.42 bits per heavy atom. The van der Waals surface area contributed by atoms with E-state index in [1.165, 1.54) is 53.8 Å². The summed E-state index contributed by atoms with van der Waals surface area (Å²) in [6, 6.07) is 14.9. The second-order valence-electron chi connectivity index (χ2n) is 6.51. The average molecular weight is 495 g/mol. The van der Waals surface area contributed by atoms with Crippen molar-refractivity contribution in [2.45, 2.75) is 0 Å². The summed E-state index contributed by atoms with van der Waals surface area (Å²) in [6.07, 6.45) is 0. The van der Waals surface area contributed by atoms with Crippen LogP contribution in [-0.4, -0.2) is 26.5 Å². The number of nitro benzene ring substituents is 1. The second kappa shape index (κ2) is 11.0. The number of hydrogen-bond acceptors (Lipinski definition) is 6. The Morgan fingerprint density at radius 2 is 1.76 bits per heavy atom. The molecule has 162 valence electrons. The van der Waals surface area contributed by atoms with Gasteiger partial charge in [-0.2, -0.15) is 0 Å². The molecule has 33 heavy (non-hydrogen) atoms. The number of nitrogens with zero attached hydrogens (tertiary/aromatic N) is 2. The smallest absolute Gasteiger partial charge is 0.870 e. The van der Waals surface area contributed by atoms with Crippen LogP contribution in [0.5, 0.6) is 0 Å². The van der Waals surface area contributed by atoms with Gasteiger partial charge in [-0.25, -0.2) is 14.2 Å². The fourth-order valence-corrected chi connectivity index (χ4v) is 4.15. The van der Waals surface area contributed by atoms with Crippen LogP contribution in [0.3, 0.4) is 0 Å². The van der Waals surface area contributed by atoms with Gasteiger partial charge in [-0.05, 0) is 30.3 Å². The topological polar surface area (TPSA) is 123 Å². The van der Waals surface area contributed by atoms with Crippen LogP contribution in [0.25, 0.3) is 33.0 Å². The third kappa shape index (κ3) is 5.47. The molecule has 7 nitrogen and oxygen atoms in total. The van der Waals surface area contributed by atoms with Crippen molar-refractivity contribution < 1.29 is 54.2 Å². The summed E-state index contributed by atoms with van der Waals surface area (Å²) in [7, 11) is 0. The zero-order chi connectivity index (χ0) is 22.1. The van der Waals surface area contributed by atoms with E-state index in [4.69, 9.17) is 11.6 Å². The first-order valence-electron chi connectivity index (χ1n) is 8.87. The molecule has 0 aliphatic carbocycles. The van der Waals surface area contributed by atoms with Gasteiger partial charge in [-0.15, -0.1) is 11.3 Å². The van der Waals surface area contributed by atoms with Crippen molar-refractivity contribution in [1.82, 2.24) is 4.98 Å². The van der Waals surface area contributed by atoms with Crippen LogP contribution in [0.1, 0.15) is 10.4 Å². The van der Waals surface area contributed by atoms with Crippen molar-refractivity contribution in [2.75, 3.05) is 0 Å². The van der Waals surface area contributed by atoms with Gasteiger partial charge in [0.2, 0.25) is 0 Å². The number of carbonyl (C=O) groups is 1. The third-order valence-corrected chi connectivity index (χ3v) is 5.79. The molecule has 0 amide bonds. The number of hydrogen-bond donors (Lipinski definition) is 1. The minimum absolute atomic E-state index is 0. The minimum atomic E-state index is -1.21. The number of para-hydroxylation sites is 1. The second-order valence-corrected chi connectivity index (χ2v) is 7.77. The van der Waals surface area contributed by atoms with Gasteiger partial charge < -0.3 is 10.6 Å². The van der Waals surface area contributed by atoms with Crippen LogP contribution in [0.2, 0.25) is 5.02 Å². The summed E-state index contributed by atoms with van der Waals surface area (Å²) in [5.41, 5.74) is 1.95. The summed E-state index contributed by atoms with van der Waals surface area (Å²) in [5, 5.41) is 23.4. The van der Waals surface area contributed by atoms with E-state index in [1.54, 1.807) is 23.6 Å². The van der Waals surface area contributed by atoms with Crippen molar-refractivity contribution in [3.05, 3.63) is 92.6 Å². The van der Waals surface area contributed by atoms with Gasteiger partial charge in [0.05, 0.1) is 26.8 Å². The summed E-state index contributed by atoms with van der Waals surface area (Å²) in [5.74, 6) is -1.74. The molecule has 0 atom stereocenters. The van der Waals surface area contributed by atoms with Crippen molar-refractivity contribution >= 4 is 34.6 Å². The maximum atomic E-state index is 13.4. The molecule has 2 N–H and O–H groups in total. The Balaban J connectivity index is 0.00000193. The van der Waals surface area contributed by atoms with Gasteiger partial charge in [-0.3, -0.25) is 10.1 Å². The predicted octanol–water partition coefficient (Wildman–Crippen LogP) is 3.37. The van der Waals surface area contributed by atoms with E-state index in [0.29, 0.717) is 21.8 Å². The largest absolute Gasteiger partial charge is 1.00 e. The Kier molecular flexibility index (Phi) is 8.84. The molecule has 0 radical (unpaired) electrons. The van der Waals surface area contributed by atoms with Crippen LogP contribution in [-0.2, 0) is 0 Å². The van der Waals surface area contributed by atoms with E-state index in [9.17, 15) is 24.4 Å². The maximum absolute atomic E-state index is 13.4. The Bertz CT molecular complexity index is 1350. The third-order valence-electron chi connectivity index (χ3n) is 4.61. The van der Waals surface area contributed by atoms with Gasteiger partial charge in [0.25, 0.3) is 5.69 Å². The first-order valence-corrected chi connectivity index (χ1v) is 10.1. The van der Waals surface area contributed by atoms with E-state index in [2.05, 4.69) is 4.98 Å². The van der Waals surface area contributed by atoms with Crippen LogP contribution in [0.15, 0.2) is 66.0 Å².